The van der Waals surface area contributed by atoms with Crippen molar-refractivity contribution < 1.29 is 13.9 Å². The van der Waals surface area contributed by atoms with Gasteiger partial charge in [0.1, 0.15) is 5.56 Å². The van der Waals surface area contributed by atoms with Crippen LogP contribution in [0.2, 0.25) is 5.02 Å². The van der Waals surface area contributed by atoms with Crippen molar-refractivity contribution in [2.45, 2.75) is 26.3 Å². The van der Waals surface area contributed by atoms with Crippen molar-refractivity contribution in [1.29, 1.82) is 0 Å². The van der Waals surface area contributed by atoms with Crippen LogP contribution in [0.4, 0.5) is 15.8 Å². The van der Waals surface area contributed by atoms with Crippen molar-refractivity contribution in [3.63, 3.8) is 0 Å². The molecule has 0 saturated carbocycles. The van der Waals surface area contributed by atoms with E-state index in [2.05, 4.69) is 20.3 Å². The number of ether oxygens (including phenoxy) is 1. The van der Waals surface area contributed by atoms with Crippen molar-refractivity contribution in [3.05, 3.63) is 65.6 Å². The number of amides is 1. The minimum atomic E-state index is -0.676. The van der Waals surface area contributed by atoms with Crippen LogP contribution in [0.5, 0.6) is 0 Å². The normalized spacial score (nSPS) is 14.5. The van der Waals surface area contributed by atoms with Gasteiger partial charge in [-0.25, -0.2) is 9.67 Å². The van der Waals surface area contributed by atoms with E-state index in [1.807, 2.05) is 43.6 Å². The SMILES string of the molecule is CC(C)(C)n1ncc(C(=O)Nc2ccc(Cl)c(-c3cc(N4CCOCC4)c4nccn4c3)c2)c1F. The Bertz CT molecular complexity index is 1400. The van der Waals surface area contributed by atoms with Gasteiger partial charge < -0.3 is 19.4 Å². The van der Waals surface area contributed by atoms with Gasteiger partial charge in [0.25, 0.3) is 5.91 Å². The van der Waals surface area contributed by atoms with Crippen LogP contribution in [0.1, 0.15) is 31.1 Å². The minimum absolute atomic E-state index is 0.120. The van der Waals surface area contributed by atoms with Crippen molar-refractivity contribution in [1.82, 2.24) is 19.2 Å². The van der Waals surface area contributed by atoms with Crippen LogP contribution in [0.15, 0.2) is 49.1 Å². The molecule has 1 fully saturated rings. The lowest BCUT2D eigenvalue weighted by Crippen LogP contribution is -2.36. The molecule has 0 atom stereocenters. The number of pyridine rings is 1. The molecule has 1 aromatic carbocycles. The first-order valence-electron chi connectivity index (χ1n) is 11.4. The minimum Gasteiger partial charge on any atom is -0.378 e. The number of imidazole rings is 1. The first-order valence-corrected chi connectivity index (χ1v) is 11.7. The van der Waals surface area contributed by atoms with E-state index in [1.165, 1.54) is 10.9 Å². The van der Waals surface area contributed by atoms with Gasteiger partial charge in [-0.1, -0.05) is 11.6 Å². The van der Waals surface area contributed by atoms with Crippen LogP contribution >= 0.6 is 11.6 Å². The molecular formula is C25H26ClFN6O2. The fourth-order valence-corrected chi connectivity index (χ4v) is 4.40. The fourth-order valence-electron chi connectivity index (χ4n) is 4.18. The van der Waals surface area contributed by atoms with E-state index in [-0.39, 0.29) is 5.56 Å². The molecule has 3 aromatic heterocycles. The summed E-state index contributed by atoms with van der Waals surface area (Å²) in [5.41, 5.74) is 3.23. The maximum absolute atomic E-state index is 14.8. The summed E-state index contributed by atoms with van der Waals surface area (Å²) in [5.74, 6) is -1.25. The second kappa shape index (κ2) is 8.98. The zero-order valence-corrected chi connectivity index (χ0v) is 20.5. The molecule has 4 aromatic rings. The third-order valence-corrected chi connectivity index (χ3v) is 6.28. The van der Waals surface area contributed by atoms with Gasteiger partial charge in [0.2, 0.25) is 5.95 Å². The predicted molar refractivity (Wildman–Crippen MR) is 134 cm³/mol. The van der Waals surface area contributed by atoms with Crippen molar-refractivity contribution in [3.8, 4) is 11.1 Å². The molecule has 0 spiro atoms. The van der Waals surface area contributed by atoms with Crippen LogP contribution < -0.4 is 10.2 Å². The Balaban J connectivity index is 1.48. The Hall–Kier alpha value is -3.43. The molecule has 10 heteroatoms. The van der Waals surface area contributed by atoms with E-state index >= 15 is 0 Å². The Labute approximate surface area is 207 Å². The smallest absolute Gasteiger partial charge is 0.261 e. The van der Waals surface area contributed by atoms with Gasteiger partial charge in [0.15, 0.2) is 5.65 Å². The van der Waals surface area contributed by atoms with E-state index in [9.17, 15) is 9.18 Å². The molecule has 0 bridgehead atoms. The molecule has 35 heavy (non-hydrogen) atoms. The Morgan fingerprint density at radius 1 is 1.20 bits per heavy atom. The van der Waals surface area contributed by atoms with E-state index < -0.39 is 17.4 Å². The number of rotatable bonds is 4. The van der Waals surface area contributed by atoms with Gasteiger partial charge in [-0.15, -0.1) is 0 Å². The molecule has 1 aliphatic heterocycles. The molecule has 4 heterocycles. The van der Waals surface area contributed by atoms with E-state index in [0.29, 0.717) is 23.9 Å². The van der Waals surface area contributed by atoms with E-state index in [4.69, 9.17) is 16.3 Å². The highest BCUT2D eigenvalue weighted by molar-refractivity contribution is 6.33. The molecule has 0 aliphatic carbocycles. The Morgan fingerprint density at radius 3 is 2.69 bits per heavy atom. The van der Waals surface area contributed by atoms with Gasteiger partial charge in [-0.05, 0) is 45.0 Å². The summed E-state index contributed by atoms with van der Waals surface area (Å²) in [4.78, 5) is 19.6. The second-order valence-corrected chi connectivity index (χ2v) is 9.86. The standard InChI is InChI=1S/C25H26ClFN6O2/c1-25(2,3)33-22(27)19(14-29-33)24(34)30-17-4-5-20(26)18(13-17)16-12-21(31-8-10-35-11-9-31)23-28-6-7-32(23)15-16/h4-7,12-15H,8-11H2,1-3H3,(H,30,34). The number of nitrogens with one attached hydrogen (secondary N) is 1. The fraction of sp³-hybridized carbons (Fsp3) is 0.320. The third-order valence-electron chi connectivity index (χ3n) is 5.95. The summed E-state index contributed by atoms with van der Waals surface area (Å²) >= 11 is 6.58. The summed E-state index contributed by atoms with van der Waals surface area (Å²) in [6.07, 6.45) is 6.84. The molecule has 182 valence electrons. The molecule has 1 amide bonds. The average molecular weight is 497 g/mol. The summed E-state index contributed by atoms with van der Waals surface area (Å²) in [5, 5.41) is 7.35. The third kappa shape index (κ3) is 4.49. The quantitative estimate of drug-likeness (QED) is 0.438. The Morgan fingerprint density at radius 2 is 1.97 bits per heavy atom. The molecule has 1 aliphatic rings. The number of fused-ring (bicyclic) bond motifs is 1. The van der Waals surface area contributed by atoms with Crippen LogP contribution in [0.3, 0.4) is 0 Å². The summed E-state index contributed by atoms with van der Waals surface area (Å²) in [6.45, 7) is 8.30. The first kappa shape index (κ1) is 23.3. The van der Waals surface area contributed by atoms with Crippen LogP contribution in [0.25, 0.3) is 16.8 Å². The van der Waals surface area contributed by atoms with Crippen molar-refractivity contribution in [2.24, 2.45) is 0 Å². The van der Waals surface area contributed by atoms with Crippen molar-refractivity contribution in [2.75, 3.05) is 36.5 Å². The monoisotopic (exact) mass is 496 g/mol. The number of benzene rings is 1. The summed E-state index contributed by atoms with van der Waals surface area (Å²) < 4.78 is 23.5. The number of anilines is 2. The molecule has 8 nitrogen and oxygen atoms in total. The van der Waals surface area contributed by atoms with Gasteiger partial charge in [0, 0.05) is 53.5 Å². The molecule has 1 N–H and O–H groups in total. The van der Waals surface area contributed by atoms with Crippen LogP contribution in [-0.4, -0.2) is 51.4 Å². The maximum Gasteiger partial charge on any atom is 0.261 e. The van der Waals surface area contributed by atoms with Gasteiger partial charge in [0.05, 0.1) is 30.6 Å². The zero-order valence-electron chi connectivity index (χ0n) is 19.8. The predicted octanol–water partition coefficient (Wildman–Crippen LogP) is 4.83. The molecule has 1 saturated heterocycles. The van der Waals surface area contributed by atoms with Gasteiger partial charge >= 0.3 is 0 Å². The van der Waals surface area contributed by atoms with E-state index in [0.717, 1.165) is 35.6 Å². The lowest BCUT2D eigenvalue weighted by atomic mass is 10.1. The lowest BCUT2D eigenvalue weighted by molar-refractivity contribution is 0.102. The number of morpholine rings is 1. The number of carbonyl (C=O) groups is 1. The molecular weight excluding hydrogens is 471 g/mol. The van der Waals surface area contributed by atoms with E-state index in [1.54, 1.807) is 24.4 Å². The summed E-state index contributed by atoms with van der Waals surface area (Å²) in [7, 11) is 0. The number of aromatic nitrogens is 4. The highest BCUT2D eigenvalue weighted by Crippen LogP contribution is 2.35. The van der Waals surface area contributed by atoms with Crippen LogP contribution in [0, 0.1) is 5.95 Å². The topological polar surface area (TPSA) is 76.7 Å². The lowest BCUT2D eigenvalue weighted by Gasteiger charge is -2.29. The number of hydrogen-bond acceptors (Lipinski definition) is 5. The average Bonchev–Trinajstić information content (AvgIpc) is 3.46. The highest BCUT2D eigenvalue weighted by Gasteiger charge is 2.25. The molecule has 5 rings (SSSR count). The van der Waals surface area contributed by atoms with Crippen LogP contribution in [-0.2, 0) is 10.3 Å². The number of carbonyl (C=O) groups excluding carboxylic acids is 1. The summed E-state index contributed by atoms with van der Waals surface area (Å²) in [6, 6.07) is 7.24. The largest absolute Gasteiger partial charge is 0.378 e. The number of hydrogen-bond donors (Lipinski definition) is 1. The number of nitrogens with zero attached hydrogens (tertiary/aromatic N) is 5. The van der Waals surface area contributed by atoms with Gasteiger partial charge in [-0.3, -0.25) is 4.79 Å². The van der Waals surface area contributed by atoms with Crippen molar-refractivity contribution >= 4 is 34.5 Å². The zero-order chi connectivity index (χ0) is 24.7. The Kier molecular flexibility index (Phi) is 5.98. The number of halogens is 2. The molecule has 0 unspecified atom stereocenters. The molecule has 0 radical (unpaired) electrons. The van der Waals surface area contributed by atoms with Gasteiger partial charge in [-0.2, -0.15) is 9.49 Å². The first-order chi connectivity index (χ1) is 16.7. The second-order valence-electron chi connectivity index (χ2n) is 9.45. The maximum atomic E-state index is 14.8. The highest BCUT2D eigenvalue weighted by atomic mass is 35.5.